The van der Waals surface area contributed by atoms with Crippen molar-refractivity contribution in [2.45, 2.75) is 31.8 Å². The van der Waals surface area contributed by atoms with Crippen molar-refractivity contribution in [3.05, 3.63) is 50.9 Å². The second-order valence-corrected chi connectivity index (χ2v) is 6.38. The van der Waals surface area contributed by atoms with Gasteiger partial charge in [-0.1, -0.05) is 11.6 Å². The van der Waals surface area contributed by atoms with Crippen LogP contribution in [0.3, 0.4) is 0 Å². The Labute approximate surface area is 116 Å². The second-order valence-electron chi connectivity index (χ2n) is 4.61. The number of hydrogen-bond acceptors (Lipinski definition) is 3. The molecule has 2 aromatic rings. The van der Waals surface area contributed by atoms with Crippen molar-refractivity contribution in [3.63, 3.8) is 0 Å². The maximum atomic E-state index is 6.12. The summed E-state index contributed by atoms with van der Waals surface area (Å²) in [6.45, 7) is 0.889. The molecular formula is C14H15ClN2S. The molecule has 1 N–H and O–H groups in total. The lowest BCUT2D eigenvalue weighted by atomic mass is 9.94. The minimum absolute atomic E-state index is 0.450. The van der Waals surface area contributed by atoms with Crippen molar-refractivity contribution >= 4 is 22.9 Å². The minimum atomic E-state index is 0.450. The summed E-state index contributed by atoms with van der Waals surface area (Å²) in [6, 6.07) is 6.69. The van der Waals surface area contributed by atoms with Gasteiger partial charge in [0.05, 0.1) is 4.34 Å². The number of fused-ring (bicyclic) bond motifs is 1. The van der Waals surface area contributed by atoms with Crippen molar-refractivity contribution in [1.82, 2.24) is 10.3 Å². The number of aromatic nitrogens is 1. The molecule has 0 bridgehead atoms. The SMILES string of the molecule is Clc1cc2c(s1)CCCC2NCc1ccncc1. The van der Waals surface area contributed by atoms with E-state index in [1.165, 1.54) is 35.3 Å². The number of halogens is 1. The Morgan fingerprint density at radius 2 is 2.22 bits per heavy atom. The zero-order chi connectivity index (χ0) is 12.4. The van der Waals surface area contributed by atoms with Gasteiger partial charge in [0.1, 0.15) is 0 Å². The first-order valence-electron chi connectivity index (χ1n) is 6.23. The van der Waals surface area contributed by atoms with Gasteiger partial charge >= 0.3 is 0 Å². The first-order valence-corrected chi connectivity index (χ1v) is 7.43. The van der Waals surface area contributed by atoms with Crippen molar-refractivity contribution < 1.29 is 0 Å². The summed E-state index contributed by atoms with van der Waals surface area (Å²) in [4.78, 5) is 5.49. The number of rotatable bonds is 3. The van der Waals surface area contributed by atoms with Crippen LogP contribution < -0.4 is 5.32 Å². The van der Waals surface area contributed by atoms with E-state index in [4.69, 9.17) is 11.6 Å². The highest BCUT2D eigenvalue weighted by molar-refractivity contribution is 7.16. The van der Waals surface area contributed by atoms with Gasteiger partial charge < -0.3 is 5.32 Å². The predicted octanol–water partition coefficient (Wildman–Crippen LogP) is 3.96. The molecule has 0 fully saturated rings. The van der Waals surface area contributed by atoms with Crippen LogP contribution in [0.15, 0.2) is 30.6 Å². The monoisotopic (exact) mass is 278 g/mol. The Morgan fingerprint density at radius 1 is 1.39 bits per heavy atom. The molecule has 18 heavy (non-hydrogen) atoms. The predicted molar refractivity (Wildman–Crippen MR) is 76.1 cm³/mol. The Kier molecular flexibility index (Phi) is 3.64. The summed E-state index contributed by atoms with van der Waals surface area (Å²) in [5.41, 5.74) is 2.68. The maximum Gasteiger partial charge on any atom is 0.0934 e. The molecule has 0 spiro atoms. The van der Waals surface area contributed by atoms with Crippen LogP contribution in [0.2, 0.25) is 4.34 Å². The molecule has 2 nitrogen and oxygen atoms in total. The summed E-state index contributed by atoms with van der Waals surface area (Å²) in [5, 5.41) is 3.63. The highest BCUT2D eigenvalue weighted by Gasteiger charge is 2.22. The Bertz CT molecular complexity index is 524. The third-order valence-electron chi connectivity index (χ3n) is 3.39. The maximum absolute atomic E-state index is 6.12. The summed E-state index contributed by atoms with van der Waals surface area (Å²) in [6.07, 6.45) is 7.30. The molecule has 0 radical (unpaired) electrons. The fraction of sp³-hybridized carbons (Fsp3) is 0.357. The lowest BCUT2D eigenvalue weighted by Gasteiger charge is -2.23. The molecule has 0 aliphatic heterocycles. The van der Waals surface area contributed by atoms with Crippen LogP contribution in [0, 0.1) is 0 Å². The average molecular weight is 279 g/mol. The van der Waals surface area contributed by atoms with Crippen LogP contribution >= 0.6 is 22.9 Å². The Morgan fingerprint density at radius 3 is 3.06 bits per heavy atom. The van der Waals surface area contributed by atoms with Crippen LogP contribution in [0.25, 0.3) is 0 Å². The third-order valence-corrected chi connectivity index (χ3v) is 4.73. The molecule has 0 saturated carbocycles. The van der Waals surface area contributed by atoms with Gasteiger partial charge in [-0.25, -0.2) is 0 Å². The molecule has 0 amide bonds. The van der Waals surface area contributed by atoms with E-state index < -0.39 is 0 Å². The number of hydrogen-bond donors (Lipinski definition) is 1. The molecule has 4 heteroatoms. The normalized spacial score (nSPS) is 18.6. The summed E-state index contributed by atoms with van der Waals surface area (Å²) in [5.74, 6) is 0. The van der Waals surface area contributed by atoms with E-state index in [0.29, 0.717) is 6.04 Å². The number of pyridine rings is 1. The molecular weight excluding hydrogens is 264 g/mol. The Balaban J connectivity index is 1.71. The summed E-state index contributed by atoms with van der Waals surface area (Å²) >= 11 is 7.85. The van der Waals surface area contributed by atoms with Gasteiger partial charge in [0, 0.05) is 29.9 Å². The molecule has 1 atom stereocenters. The zero-order valence-electron chi connectivity index (χ0n) is 10.0. The molecule has 94 valence electrons. The Hall–Kier alpha value is -0.900. The van der Waals surface area contributed by atoms with Gasteiger partial charge in [-0.05, 0) is 48.6 Å². The lowest BCUT2D eigenvalue weighted by Crippen LogP contribution is -2.23. The van der Waals surface area contributed by atoms with Crippen molar-refractivity contribution in [1.29, 1.82) is 0 Å². The van der Waals surface area contributed by atoms with Crippen molar-refractivity contribution in [2.24, 2.45) is 0 Å². The largest absolute Gasteiger partial charge is 0.306 e. The quantitative estimate of drug-likeness (QED) is 0.919. The fourth-order valence-corrected chi connectivity index (χ4v) is 3.86. The molecule has 3 rings (SSSR count). The van der Waals surface area contributed by atoms with Gasteiger partial charge in [0.2, 0.25) is 0 Å². The number of nitrogens with one attached hydrogen (secondary N) is 1. The smallest absolute Gasteiger partial charge is 0.0934 e. The number of nitrogens with zero attached hydrogens (tertiary/aromatic N) is 1. The molecule has 2 aromatic heterocycles. The van der Waals surface area contributed by atoms with E-state index in [0.717, 1.165) is 10.9 Å². The van der Waals surface area contributed by atoms with Crippen LogP contribution in [0.1, 0.15) is 34.9 Å². The van der Waals surface area contributed by atoms with E-state index in [1.54, 1.807) is 11.3 Å². The van der Waals surface area contributed by atoms with E-state index >= 15 is 0 Å². The standard InChI is InChI=1S/C14H15ClN2S/c15-14-8-11-12(2-1-3-13(11)18-14)17-9-10-4-6-16-7-5-10/h4-8,12,17H,1-3,9H2. The molecule has 1 aliphatic carbocycles. The van der Waals surface area contributed by atoms with E-state index in [1.807, 2.05) is 12.4 Å². The topological polar surface area (TPSA) is 24.9 Å². The van der Waals surface area contributed by atoms with Gasteiger partial charge in [-0.2, -0.15) is 0 Å². The molecule has 0 aromatic carbocycles. The lowest BCUT2D eigenvalue weighted by molar-refractivity contribution is 0.463. The first-order chi connectivity index (χ1) is 8.83. The van der Waals surface area contributed by atoms with E-state index in [9.17, 15) is 0 Å². The van der Waals surface area contributed by atoms with Crippen LogP contribution in [-0.2, 0) is 13.0 Å². The fourth-order valence-electron chi connectivity index (χ4n) is 2.48. The van der Waals surface area contributed by atoms with Gasteiger partial charge in [-0.3, -0.25) is 4.98 Å². The highest BCUT2D eigenvalue weighted by Crippen LogP contribution is 2.37. The van der Waals surface area contributed by atoms with Crippen molar-refractivity contribution in [3.8, 4) is 0 Å². The molecule has 0 saturated heterocycles. The second kappa shape index (κ2) is 5.39. The van der Waals surface area contributed by atoms with E-state index in [-0.39, 0.29) is 0 Å². The third kappa shape index (κ3) is 2.58. The van der Waals surface area contributed by atoms with Crippen molar-refractivity contribution in [2.75, 3.05) is 0 Å². The minimum Gasteiger partial charge on any atom is -0.306 e. The number of aryl methyl sites for hydroxylation is 1. The first kappa shape index (κ1) is 12.2. The van der Waals surface area contributed by atoms with Gasteiger partial charge in [0.25, 0.3) is 0 Å². The van der Waals surface area contributed by atoms with Gasteiger partial charge in [0.15, 0.2) is 0 Å². The summed E-state index contributed by atoms with van der Waals surface area (Å²) < 4.78 is 0.914. The van der Waals surface area contributed by atoms with Crippen LogP contribution in [0.5, 0.6) is 0 Å². The highest BCUT2D eigenvalue weighted by atomic mass is 35.5. The molecule has 2 heterocycles. The van der Waals surface area contributed by atoms with E-state index in [2.05, 4.69) is 28.5 Å². The van der Waals surface area contributed by atoms with Crippen LogP contribution in [0.4, 0.5) is 0 Å². The zero-order valence-corrected chi connectivity index (χ0v) is 11.6. The molecule has 1 aliphatic rings. The summed E-state index contributed by atoms with van der Waals surface area (Å²) in [7, 11) is 0. The van der Waals surface area contributed by atoms with Crippen LogP contribution in [-0.4, -0.2) is 4.98 Å². The average Bonchev–Trinajstić information content (AvgIpc) is 2.78. The van der Waals surface area contributed by atoms with Gasteiger partial charge in [-0.15, -0.1) is 11.3 Å². The molecule has 1 unspecified atom stereocenters. The number of thiophene rings is 1.